The second kappa shape index (κ2) is 10.9. The number of nitrogens with zero attached hydrogens (tertiary/aromatic N) is 2. The number of benzene rings is 2. The zero-order valence-electron chi connectivity index (χ0n) is 16.0. The summed E-state index contributed by atoms with van der Waals surface area (Å²) in [7, 11) is 4.01. The summed E-state index contributed by atoms with van der Waals surface area (Å²) in [6.07, 6.45) is 1.72. The molecule has 0 fully saturated rings. The third kappa shape index (κ3) is 8.01. The van der Waals surface area contributed by atoms with E-state index < -0.39 is 0 Å². The highest BCUT2D eigenvalue weighted by Gasteiger charge is 2.13. The van der Waals surface area contributed by atoms with E-state index in [4.69, 9.17) is 0 Å². The number of urea groups is 1. The van der Waals surface area contributed by atoms with E-state index in [2.05, 4.69) is 26.1 Å². The van der Waals surface area contributed by atoms with Crippen LogP contribution in [0.15, 0.2) is 53.0 Å². The molecule has 2 aromatic carbocycles. The lowest BCUT2D eigenvalue weighted by atomic mass is 10.1. The van der Waals surface area contributed by atoms with Crippen LogP contribution in [-0.2, 0) is 13.0 Å². The van der Waals surface area contributed by atoms with Gasteiger partial charge < -0.3 is 20.2 Å². The largest absolute Gasteiger partial charge is 0.508 e. The first-order chi connectivity index (χ1) is 12.9. The number of amides is 2. The molecule has 2 amide bonds. The number of nitrogens with one attached hydrogen (secondary N) is 1. The van der Waals surface area contributed by atoms with Gasteiger partial charge >= 0.3 is 6.03 Å². The summed E-state index contributed by atoms with van der Waals surface area (Å²) < 4.78 is 1.03. The van der Waals surface area contributed by atoms with Crippen LogP contribution in [-0.4, -0.2) is 54.7 Å². The fraction of sp³-hybridized carbons (Fsp3) is 0.381. The van der Waals surface area contributed by atoms with Gasteiger partial charge in [-0.1, -0.05) is 40.2 Å². The minimum absolute atomic E-state index is 0.0366. The van der Waals surface area contributed by atoms with Crippen molar-refractivity contribution in [3.05, 3.63) is 64.1 Å². The minimum atomic E-state index is -0.0366. The highest BCUT2D eigenvalue weighted by atomic mass is 79.9. The molecular formula is C21H28BrN3O2. The van der Waals surface area contributed by atoms with E-state index in [0.717, 1.165) is 35.0 Å². The number of likely N-dealkylation sites (N-methyl/N-ethyl adjacent to an activating group) is 1. The number of carbonyl (C=O) groups is 1. The van der Waals surface area contributed by atoms with Gasteiger partial charge in [0.15, 0.2) is 0 Å². The fourth-order valence-electron chi connectivity index (χ4n) is 2.65. The molecule has 5 nitrogen and oxygen atoms in total. The molecule has 2 N–H and O–H groups in total. The van der Waals surface area contributed by atoms with Gasteiger partial charge in [0.1, 0.15) is 5.75 Å². The Morgan fingerprint density at radius 3 is 2.26 bits per heavy atom. The van der Waals surface area contributed by atoms with Gasteiger partial charge in [-0.25, -0.2) is 4.79 Å². The van der Waals surface area contributed by atoms with Gasteiger partial charge in [-0.15, -0.1) is 0 Å². The number of phenolic OH excluding ortho intramolecular Hbond substituents is 1. The molecule has 6 heteroatoms. The number of phenols is 1. The normalized spacial score (nSPS) is 10.8. The number of hydrogen-bond acceptors (Lipinski definition) is 3. The Balaban J connectivity index is 1.84. The Labute approximate surface area is 170 Å². The highest BCUT2D eigenvalue weighted by Crippen LogP contribution is 2.13. The van der Waals surface area contributed by atoms with Crippen LogP contribution in [0.25, 0.3) is 0 Å². The van der Waals surface area contributed by atoms with Crippen molar-refractivity contribution >= 4 is 22.0 Å². The minimum Gasteiger partial charge on any atom is -0.508 e. The topological polar surface area (TPSA) is 55.8 Å². The maximum atomic E-state index is 12.6. The quantitative estimate of drug-likeness (QED) is 0.590. The van der Waals surface area contributed by atoms with Crippen LogP contribution in [0.2, 0.25) is 0 Å². The van der Waals surface area contributed by atoms with Crippen molar-refractivity contribution in [2.75, 3.05) is 33.7 Å². The first-order valence-corrected chi connectivity index (χ1v) is 9.93. The Kier molecular flexibility index (Phi) is 8.61. The molecule has 146 valence electrons. The van der Waals surface area contributed by atoms with Crippen molar-refractivity contribution in [1.29, 1.82) is 0 Å². The summed E-state index contributed by atoms with van der Waals surface area (Å²) in [4.78, 5) is 16.6. The lowest BCUT2D eigenvalue weighted by Gasteiger charge is -2.25. The van der Waals surface area contributed by atoms with Crippen LogP contribution in [0.4, 0.5) is 4.79 Å². The van der Waals surface area contributed by atoms with Gasteiger partial charge in [-0.05, 0) is 62.3 Å². The van der Waals surface area contributed by atoms with Crippen LogP contribution >= 0.6 is 15.9 Å². The SMILES string of the molecule is CN(C)CCN(Cc1ccc(Br)cc1)C(=O)NCCCc1ccc(O)cc1. The standard InChI is InChI=1S/C21H28BrN3O2/c1-24(2)14-15-25(16-18-5-9-19(22)10-6-18)21(27)23-13-3-4-17-7-11-20(26)12-8-17/h5-12,26H,3-4,13-16H2,1-2H3,(H,23,27). The molecule has 0 unspecified atom stereocenters. The van der Waals surface area contributed by atoms with Crippen molar-refractivity contribution in [2.24, 2.45) is 0 Å². The lowest BCUT2D eigenvalue weighted by Crippen LogP contribution is -2.43. The van der Waals surface area contributed by atoms with E-state index in [1.165, 1.54) is 0 Å². The summed E-state index contributed by atoms with van der Waals surface area (Å²) in [5, 5.41) is 12.3. The van der Waals surface area contributed by atoms with Gasteiger partial charge in [-0.3, -0.25) is 0 Å². The molecule has 0 bridgehead atoms. The van der Waals surface area contributed by atoms with Crippen LogP contribution in [0.1, 0.15) is 17.5 Å². The molecule has 0 aromatic heterocycles. The summed E-state index contributed by atoms with van der Waals surface area (Å²) in [6.45, 7) is 2.70. The fourth-order valence-corrected chi connectivity index (χ4v) is 2.91. The molecule has 0 spiro atoms. The summed E-state index contributed by atoms with van der Waals surface area (Å²) in [5.41, 5.74) is 2.26. The van der Waals surface area contributed by atoms with Crippen molar-refractivity contribution in [3.63, 3.8) is 0 Å². The van der Waals surface area contributed by atoms with Gasteiger partial charge in [0.25, 0.3) is 0 Å². The number of halogens is 1. The van der Waals surface area contributed by atoms with Crippen LogP contribution in [0.5, 0.6) is 5.75 Å². The van der Waals surface area contributed by atoms with E-state index >= 15 is 0 Å². The van der Waals surface area contributed by atoms with E-state index in [9.17, 15) is 9.90 Å². The first kappa shape index (κ1) is 21.3. The molecule has 0 atom stereocenters. The van der Waals surface area contributed by atoms with Crippen molar-refractivity contribution in [3.8, 4) is 5.75 Å². The number of hydrogen-bond donors (Lipinski definition) is 2. The Bertz CT molecular complexity index is 702. The maximum absolute atomic E-state index is 12.6. The van der Waals surface area contributed by atoms with E-state index in [-0.39, 0.29) is 11.8 Å². The van der Waals surface area contributed by atoms with Gasteiger partial charge in [0.05, 0.1) is 0 Å². The van der Waals surface area contributed by atoms with E-state index in [1.807, 2.05) is 55.4 Å². The van der Waals surface area contributed by atoms with E-state index in [1.54, 1.807) is 12.1 Å². The van der Waals surface area contributed by atoms with Crippen LogP contribution in [0.3, 0.4) is 0 Å². The van der Waals surface area contributed by atoms with Crippen molar-refractivity contribution < 1.29 is 9.90 Å². The second-order valence-corrected chi connectivity index (χ2v) is 7.77. The molecule has 0 saturated heterocycles. The highest BCUT2D eigenvalue weighted by molar-refractivity contribution is 9.10. The average molecular weight is 434 g/mol. The number of aryl methyl sites for hydroxylation is 1. The number of rotatable bonds is 9. The molecular weight excluding hydrogens is 406 g/mol. The predicted molar refractivity (Wildman–Crippen MR) is 113 cm³/mol. The van der Waals surface area contributed by atoms with Gasteiger partial charge in [-0.2, -0.15) is 0 Å². The van der Waals surface area contributed by atoms with Crippen LogP contribution < -0.4 is 5.32 Å². The Morgan fingerprint density at radius 1 is 1.00 bits per heavy atom. The molecule has 0 aliphatic heterocycles. The van der Waals surface area contributed by atoms with Crippen molar-refractivity contribution in [1.82, 2.24) is 15.1 Å². The summed E-state index contributed by atoms with van der Waals surface area (Å²) in [5.74, 6) is 0.275. The lowest BCUT2D eigenvalue weighted by molar-refractivity contribution is 0.188. The maximum Gasteiger partial charge on any atom is 0.317 e. The Morgan fingerprint density at radius 2 is 1.63 bits per heavy atom. The zero-order chi connectivity index (χ0) is 19.6. The molecule has 0 aliphatic carbocycles. The smallest absolute Gasteiger partial charge is 0.317 e. The predicted octanol–water partition coefficient (Wildman–Crippen LogP) is 3.86. The van der Waals surface area contributed by atoms with Crippen molar-refractivity contribution in [2.45, 2.75) is 19.4 Å². The molecule has 0 heterocycles. The third-order valence-corrected chi connectivity index (χ3v) is 4.77. The third-order valence-electron chi connectivity index (χ3n) is 4.25. The summed E-state index contributed by atoms with van der Waals surface area (Å²) in [6, 6.07) is 15.2. The summed E-state index contributed by atoms with van der Waals surface area (Å²) >= 11 is 3.44. The molecule has 2 rings (SSSR count). The molecule has 27 heavy (non-hydrogen) atoms. The monoisotopic (exact) mass is 433 g/mol. The molecule has 0 aliphatic rings. The molecule has 2 aromatic rings. The zero-order valence-corrected chi connectivity index (χ0v) is 17.6. The molecule has 0 saturated carbocycles. The Hall–Kier alpha value is -2.05. The van der Waals surface area contributed by atoms with Gasteiger partial charge in [0.2, 0.25) is 0 Å². The number of aromatic hydroxyl groups is 1. The first-order valence-electron chi connectivity index (χ1n) is 9.14. The second-order valence-electron chi connectivity index (χ2n) is 6.85. The molecule has 0 radical (unpaired) electrons. The van der Waals surface area contributed by atoms with Crippen LogP contribution in [0, 0.1) is 0 Å². The number of carbonyl (C=O) groups excluding carboxylic acids is 1. The average Bonchev–Trinajstić information content (AvgIpc) is 2.65. The van der Waals surface area contributed by atoms with Gasteiger partial charge in [0, 0.05) is 30.7 Å². The van der Waals surface area contributed by atoms with E-state index in [0.29, 0.717) is 19.6 Å².